The fourth-order valence-electron chi connectivity index (χ4n) is 1.68. The van der Waals surface area contributed by atoms with Gasteiger partial charge in [-0.2, -0.15) is 13.2 Å². The molecule has 1 rings (SSSR count). The van der Waals surface area contributed by atoms with Crippen molar-refractivity contribution in [3.8, 4) is 0 Å². The van der Waals surface area contributed by atoms with Gasteiger partial charge in [-0.25, -0.2) is 0 Å². The van der Waals surface area contributed by atoms with Crippen LogP contribution in [0, 0.1) is 0 Å². The van der Waals surface area contributed by atoms with E-state index in [4.69, 9.17) is 5.73 Å². The zero-order valence-corrected chi connectivity index (χ0v) is 9.93. The molecule has 0 heterocycles. The molecule has 0 spiro atoms. The van der Waals surface area contributed by atoms with Gasteiger partial charge in [-0.3, -0.25) is 0 Å². The second-order valence-electron chi connectivity index (χ2n) is 4.26. The van der Waals surface area contributed by atoms with E-state index in [-0.39, 0.29) is 6.04 Å². The number of aryl methyl sites for hydroxylation is 1. The van der Waals surface area contributed by atoms with Crippen molar-refractivity contribution in [3.63, 3.8) is 0 Å². The normalized spacial score (nSPS) is 13.7. The van der Waals surface area contributed by atoms with E-state index in [0.29, 0.717) is 6.42 Å². The first-order valence-corrected chi connectivity index (χ1v) is 5.85. The third-order valence-corrected chi connectivity index (χ3v) is 2.82. The van der Waals surface area contributed by atoms with Gasteiger partial charge in [0.25, 0.3) is 0 Å². The van der Waals surface area contributed by atoms with Crippen molar-refractivity contribution in [2.24, 2.45) is 5.73 Å². The Morgan fingerprint density at radius 2 is 2.00 bits per heavy atom. The first kappa shape index (κ1) is 14.0. The third kappa shape index (κ3) is 4.77. The summed E-state index contributed by atoms with van der Waals surface area (Å²) in [6, 6.07) is 5.66. The highest BCUT2D eigenvalue weighted by Gasteiger charge is 2.30. The van der Waals surface area contributed by atoms with Crippen LogP contribution in [0.3, 0.4) is 0 Å². The zero-order chi connectivity index (χ0) is 12.9. The van der Waals surface area contributed by atoms with Crippen LogP contribution in [0.4, 0.5) is 13.2 Å². The molecule has 1 unspecified atom stereocenters. The summed E-state index contributed by atoms with van der Waals surface area (Å²) >= 11 is 0. The highest BCUT2D eigenvalue weighted by Crippen LogP contribution is 2.29. The number of nitrogens with two attached hydrogens (primary N) is 1. The molecule has 0 amide bonds. The minimum atomic E-state index is -4.25. The summed E-state index contributed by atoms with van der Waals surface area (Å²) in [4.78, 5) is 0. The smallest absolute Gasteiger partial charge is 0.328 e. The summed E-state index contributed by atoms with van der Waals surface area (Å²) in [5.74, 6) is 0. The molecule has 1 atom stereocenters. The van der Waals surface area contributed by atoms with Gasteiger partial charge < -0.3 is 5.73 Å². The van der Waals surface area contributed by atoms with Crippen LogP contribution in [0.15, 0.2) is 24.3 Å². The summed E-state index contributed by atoms with van der Waals surface area (Å²) in [5, 5.41) is 0. The van der Waals surface area contributed by atoms with Gasteiger partial charge in [0, 0.05) is 6.04 Å². The molecule has 2 N–H and O–H groups in total. The third-order valence-electron chi connectivity index (χ3n) is 2.82. The maximum absolute atomic E-state index is 12.5. The Kier molecular flexibility index (Phi) is 5.00. The maximum Gasteiger partial charge on any atom is 0.416 e. The second kappa shape index (κ2) is 6.05. The van der Waals surface area contributed by atoms with Gasteiger partial charge in [-0.05, 0) is 37.3 Å². The van der Waals surface area contributed by atoms with Gasteiger partial charge in [-0.1, -0.05) is 25.1 Å². The number of alkyl halides is 3. The molecule has 0 aliphatic heterocycles. The quantitative estimate of drug-likeness (QED) is 0.839. The van der Waals surface area contributed by atoms with Gasteiger partial charge in [0.05, 0.1) is 5.56 Å². The SMILES string of the molecule is CCC(N)CCCc1cccc(C(F)(F)F)c1. The molecule has 96 valence electrons. The van der Waals surface area contributed by atoms with Gasteiger partial charge in [0.1, 0.15) is 0 Å². The van der Waals surface area contributed by atoms with Gasteiger partial charge in [0.15, 0.2) is 0 Å². The van der Waals surface area contributed by atoms with Crippen LogP contribution in [0.5, 0.6) is 0 Å². The Bertz CT molecular complexity index is 347. The molecule has 0 aromatic heterocycles. The van der Waals surface area contributed by atoms with Crippen molar-refractivity contribution in [1.82, 2.24) is 0 Å². The molecular formula is C13H18F3N. The first-order valence-electron chi connectivity index (χ1n) is 5.85. The first-order chi connectivity index (χ1) is 7.93. The Hall–Kier alpha value is -1.03. The van der Waals surface area contributed by atoms with E-state index < -0.39 is 11.7 Å². The molecule has 0 aliphatic rings. The average molecular weight is 245 g/mol. The number of halogens is 3. The minimum absolute atomic E-state index is 0.154. The standard InChI is InChI=1S/C13H18F3N/c1-2-12(17)8-4-6-10-5-3-7-11(9-10)13(14,15)16/h3,5,7,9,12H,2,4,6,8,17H2,1H3. The predicted octanol–water partition coefficient (Wildman–Crippen LogP) is 3.77. The van der Waals surface area contributed by atoms with E-state index in [0.717, 1.165) is 30.9 Å². The largest absolute Gasteiger partial charge is 0.416 e. The van der Waals surface area contributed by atoms with Gasteiger partial charge in [0.2, 0.25) is 0 Å². The number of hydrogen-bond acceptors (Lipinski definition) is 1. The number of hydrogen-bond donors (Lipinski definition) is 1. The van der Waals surface area contributed by atoms with E-state index in [1.165, 1.54) is 12.1 Å². The maximum atomic E-state index is 12.5. The molecule has 1 nitrogen and oxygen atoms in total. The molecule has 0 fully saturated rings. The summed E-state index contributed by atoms with van der Waals surface area (Å²) < 4.78 is 37.4. The van der Waals surface area contributed by atoms with E-state index in [2.05, 4.69) is 0 Å². The molecule has 0 radical (unpaired) electrons. The van der Waals surface area contributed by atoms with E-state index in [1.54, 1.807) is 6.07 Å². The van der Waals surface area contributed by atoms with Gasteiger partial charge >= 0.3 is 6.18 Å². The Morgan fingerprint density at radius 1 is 1.29 bits per heavy atom. The van der Waals surface area contributed by atoms with Crippen molar-refractivity contribution in [1.29, 1.82) is 0 Å². The van der Waals surface area contributed by atoms with Gasteiger partial charge in [-0.15, -0.1) is 0 Å². The van der Waals surface area contributed by atoms with Crippen molar-refractivity contribution >= 4 is 0 Å². The lowest BCUT2D eigenvalue weighted by Crippen LogP contribution is -2.18. The summed E-state index contributed by atoms with van der Waals surface area (Å²) in [6.45, 7) is 2.01. The fraction of sp³-hybridized carbons (Fsp3) is 0.538. The number of benzene rings is 1. The van der Waals surface area contributed by atoms with Crippen LogP contribution in [0.2, 0.25) is 0 Å². The molecule has 1 aromatic carbocycles. The Morgan fingerprint density at radius 3 is 2.59 bits per heavy atom. The molecule has 0 aliphatic carbocycles. The van der Waals surface area contributed by atoms with Crippen molar-refractivity contribution < 1.29 is 13.2 Å². The lowest BCUT2D eigenvalue weighted by atomic mass is 10.0. The van der Waals surface area contributed by atoms with Crippen LogP contribution >= 0.6 is 0 Å². The highest BCUT2D eigenvalue weighted by molar-refractivity contribution is 5.25. The van der Waals surface area contributed by atoms with E-state index in [1.807, 2.05) is 6.92 Å². The lowest BCUT2D eigenvalue weighted by molar-refractivity contribution is -0.137. The molecular weight excluding hydrogens is 227 g/mol. The molecule has 0 saturated carbocycles. The van der Waals surface area contributed by atoms with Crippen LogP contribution < -0.4 is 5.73 Å². The monoisotopic (exact) mass is 245 g/mol. The number of rotatable bonds is 5. The second-order valence-corrected chi connectivity index (χ2v) is 4.26. The zero-order valence-electron chi connectivity index (χ0n) is 9.93. The summed E-state index contributed by atoms with van der Waals surface area (Å²) in [7, 11) is 0. The Labute approximate surface area is 99.8 Å². The van der Waals surface area contributed by atoms with E-state index in [9.17, 15) is 13.2 Å². The van der Waals surface area contributed by atoms with Crippen molar-refractivity contribution in [2.75, 3.05) is 0 Å². The van der Waals surface area contributed by atoms with Crippen molar-refractivity contribution in [2.45, 2.75) is 44.8 Å². The Balaban J connectivity index is 2.55. The molecule has 0 saturated heterocycles. The van der Waals surface area contributed by atoms with Crippen LogP contribution in [-0.2, 0) is 12.6 Å². The highest BCUT2D eigenvalue weighted by atomic mass is 19.4. The molecule has 1 aromatic rings. The lowest BCUT2D eigenvalue weighted by Gasteiger charge is -2.10. The van der Waals surface area contributed by atoms with Crippen LogP contribution in [-0.4, -0.2) is 6.04 Å². The fourth-order valence-corrected chi connectivity index (χ4v) is 1.68. The summed E-state index contributed by atoms with van der Waals surface area (Å²) in [6.07, 6.45) is -1.01. The topological polar surface area (TPSA) is 26.0 Å². The van der Waals surface area contributed by atoms with Crippen LogP contribution in [0.1, 0.15) is 37.3 Å². The average Bonchev–Trinajstić information content (AvgIpc) is 2.28. The van der Waals surface area contributed by atoms with E-state index >= 15 is 0 Å². The predicted molar refractivity (Wildman–Crippen MR) is 62.6 cm³/mol. The van der Waals surface area contributed by atoms with Crippen molar-refractivity contribution in [3.05, 3.63) is 35.4 Å². The molecule has 4 heteroatoms. The molecule has 17 heavy (non-hydrogen) atoms. The molecule has 0 bridgehead atoms. The summed E-state index contributed by atoms with van der Waals surface area (Å²) in [5.41, 5.74) is 5.91. The minimum Gasteiger partial charge on any atom is -0.328 e. The van der Waals surface area contributed by atoms with Crippen LogP contribution in [0.25, 0.3) is 0 Å².